The Morgan fingerprint density at radius 3 is 2.16 bits per heavy atom. The van der Waals surface area contributed by atoms with Crippen LogP contribution in [0.5, 0.6) is 5.75 Å². The maximum atomic E-state index is 11.7. The van der Waals surface area contributed by atoms with Crippen LogP contribution in [0.25, 0.3) is 34.2 Å². The number of nitrogens with two attached hydrogens (primary N) is 1. The third kappa shape index (κ3) is 3.95. The van der Waals surface area contributed by atoms with Crippen molar-refractivity contribution < 1.29 is 9.90 Å². The molecule has 0 radical (unpaired) electrons. The van der Waals surface area contributed by atoms with Gasteiger partial charge in [-0.15, -0.1) is 0 Å². The van der Waals surface area contributed by atoms with Crippen LogP contribution < -0.4 is 5.73 Å². The Hall–Kier alpha value is -4.57. The largest absolute Gasteiger partial charge is 0.507 e. The van der Waals surface area contributed by atoms with Crippen LogP contribution in [0.3, 0.4) is 0 Å². The first-order valence-corrected chi connectivity index (χ1v) is 9.42. The van der Waals surface area contributed by atoms with E-state index < -0.39 is 5.91 Å². The first-order chi connectivity index (χ1) is 15.0. The van der Waals surface area contributed by atoms with E-state index in [0.717, 1.165) is 11.1 Å². The van der Waals surface area contributed by atoms with Gasteiger partial charge >= 0.3 is 0 Å². The number of hydrogen-bond acceptors (Lipinski definition) is 6. The van der Waals surface area contributed by atoms with Crippen molar-refractivity contribution in [2.45, 2.75) is 6.92 Å². The molecule has 0 bridgehead atoms. The van der Waals surface area contributed by atoms with Crippen molar-refractivity contribution in [1.29, 1.82) is 5.26 Å². The van der Waals surface area contributed by atoms with E-state index in [1.807, 2.05) is 37.3 Å². The SMILES string of the molecule is Cc1ccccc1-c1nc(-c2cc(C#N)cc(C(N)=O)c2)nc(-c2ccccc2O)n1. The van der Waals surface area contributed by atoms with Crippen LogP contribution in [-0.2, 0) is 0 Å². The van der Waals surface area contributed by atoms with Gasteiger partial charge in [-0.05, 0) is 42.8 Å². The van der Waals surface area contributed by atoms with Crippen molar-refractivity contribution in [2.24, 2.45) is 5.73 Å². The average molecular weight is 407 g/mol. The Morgan fingerprint density at radius 2 is 1.52 bits per heavy atom. The van der Waals surface area contributed by atoms with Crippen molar-refractivity contribution in [3.8, 4) is 46.0 Å². The van der Waals surface area contributed by atoms with Crippen molar-refractivity contribution >= 4 is 5.91 Å². The molecule has 0 unspecified atom stereocenters. The Kier molecular flexibility index (Phi) is 5.12. The summed E-state index contributed by atoms with van der Waals surface area (Å²) in [5.74, 6) is 0.297. The zero-order chi connectivity index (χ0) is 22.0. The van der Waals surface area contributed by atoms with E-state index in [2.05, 4.69) is 15.0 Å². The normalized spacial score (nSPS) is 10.5. The molecule has 0 saturated carbocycles. The number of nitriles is 1. The third-order valence-electron chi connectivity index (χ3n) is 4.77. The fourth-order valence-corrected chi connectivity index (χ4v) is 3.20. The van der Waals surface area contributed by atoms with Gasteiger partial charge in [-0.2, -0.15) is 5.26 Å². The lowest BCUT2D eigenvalue weighted by atomic mass is 10.0. The van der Waals surface area contributed by atoms with Crippen LogP contribution in [0.1, 0.15) is 21.5 Å². The third-order valence-corrected chi connectivity index (χ3v) is 4.77. The molecule has 3 N–H and O–H groups in total. The molecule has 0 aliphatic rings. The highest BCUT2D eigenvalue weighted by molar-refractivity contribution is 5.94. The van der Waals surface area contributed by atoms with E-state index in [-0.39, 0.29) is 28.5 Å². The number of amides is 1. The summed E-state index contributed by atoms with van der Waals surface area (Å²) >= 11 is 0. The van der Waals surface area contributed by atoms with Gasteiger partial charge in [0.15, 0.2) is 17.5 Å². The summed E-state index contributed by atoms with van der Waals surface area (Å²) in [6.45, 7) is 1.94. The Morgan fingerprint density at radius 1 is 0.903 bits per heavy atom. The van der Waals surface area contributed by atoms with Gasteiger partial charge in [-0.1, -0.05) is 36.4 Å². The summed E-state index contributed by atoms with van der Waals surface area (Å²) in [4.78, 5) is 25.5. The number of carbonyl (C=O) groups excluding carboxylic acids is 1. The van der Waals surface area contributed by atoms with E-state index in [0.29, 0.717) is 17.0 Å². The second-order valence-corrected chi connectivity index (χ2v) is 6.91. The number of aryl methyl sites for hydroxylation is 1. The number of aromatic hydroxyl groups is 1. The lowest BCUT2D eigenvalue weighted by Crippen LogP contribution is -2.11. The summed E-state index contributed by atoms with van der Waals surface area (Å²) in [6.07, 6.45) is 0. The maximum absolute atomic E-state index is 11.7. The topological polar surface area (TPSA) is 126 Å². The van der Waals surface area contributed by atoms with Gasteiger partial charge < -0.3 is 10.8 Å². The number of benzene rings is 3. The van der Waals surface area contributed by atoms with Crippen LogP contribution in [0.4, 0.5) is 0 Å². The monoisotopic (exact) mass is 407 g/mol. The van der Waals surface area contributed by atoms with Gasteiger partial charge in [0.05, 0.1) is 17.2 Å². The molecule has 1 heterocycles. The molecule has 3 aromatic carbocycles. The number of phenolic OH excluding ortho intramolecular Hbond substituents is 1. The minimum absolute atomic E-state index is 0.0268. The van der Waals surface area contributed by atoms with E-state index in [1.54, 1.807) is 30.3 Å². The number of nitrogens with zero attached hydrogens (tertiary/aromatic N) is 4. The fourth-order valence-electron chi connectivity index (χ4n) is 3.20. The number of carbonyl (C=O) groups is 1. The molecule has 150 valence electrons. The summed E-state index contributed by atoms with van der Waals surface area (Å²) < 4.78 is 0. The highest BCUT2D eigenvalue weighted by atomic mass is 16.3. The molecule has 0 aliphatic heterocycles. The smallest absolute Gasteiger partial charge is 0.248 e. The molecular formula is C24H17N5O2. The summed E-state index contributed by atoms with van der Waals surface area (Å²) in [5, 5.41) is 19.7. The molecule has 31 heavy (non-hydrogen) atoms. The predicted molar refractivity (Wildman–Crippen MR) is 116 cm³/mol. The predicted octanol–water partition coefficient (Wildman–Crippen LogP) is 3.86. The zero-order valence-electron chi connectivity index (χ0n) is 16.6. The number of para-hydroxylation sites is 1. The van der Waals surface area contributed by atoms with Crippen LogP contribution >= 0.6 is 0 Å². The van der Waals surface area contributed by atoms with Crippen molar-refractivity contribution in [2.75, 3.05) is 0 Å². The summed E-state index contributed by atoms with van der Waals surface area (Å²) in [6, 6.07) is 20.9. The molecule has 0 aliphatic carbocycles. The maximum Gasteiger partial charge on any atom is 0.248 e. The fraction of sp³-hybridized carbons (Fsp3) is 0.0417. The van der Waals surface area contributed by atoms with E-state index in [9.17, 15) is 15.2 Å². The highest BCUT2D eigenvalue weighted by Gasteiger charge is 2.16. The number of primary amides is 1. The number of aromatic nitrogens is 3. The van der Waals surface area contributed by atoms with Crippen LogP contribution in [0.15, 0.2) is 66.7 Å². The van der Waals surface area contributed by atoms with Gasteiger partial charge in [0.1, 0.15) is 5.75 Å². The van der Waals surface area contributed by atoms with E-state index in [1.165, 1.54) is 12.1 Å². The van der Waals surface area contributed by atoms with Crippen LogP contribution in [0, 0.1) is 18.3 Å². The van der Waals surface area contributed by atoms with Crippen LogP contribution in [-0.4, -0.2) is 26.0 Å². The van der Waals surface area contributed by atoms with Crippen LogP contribution in [0.2, 0.25) is 0 Å². The van der Waals surface area contributed by atoms with E-state index in [4.69, 9.17) is 5.73 Å². The molecule has 1 aromatic heterocycles. The van der Waals surface area contributed by atoms with Gasteiger partial charge in [0.25, 0.3) is 0 Å². The van der Waals surface area contributed by atoms with Gasteiger partial charge in [-0.25, -0.2) is 15.0 Å². The first-order valence-electron chi connectivity index (χ1n) is 9.42. The summed E-state index contributed by atoms with van der Waals surface area (Å²) in [5.41, 5.74) is 8.51. The second kappa shape index (κ2) is 8.05. The second-order valence-electron chi connectivity index (χ2n) is 6.91. The minimum atomic E-state index is -0.660. The van der Waals surface area contributed by atoms with Crippen molar-refractivity contribution in [3.05, 3.63) is 83.4 Å². The molecule has 0 atom stereocenters. The molecule has 7 nitrogen and oxygen atoms in total. The Labute approximate surface area is 178 Å². The molecule has 7 heteroatoms. The quantitative estimate of drug-likeness (QED) is 0.529. The molecule has 4 rings (SSSR count). The first kappa shape index (κ1) is 19.7. The van der Waals surface area contributed by atoms with E-state index >= 15 is 0 Å². The van der Waals surface area contributed by atoms with Gasteiger partial charge in [-0.3, -0.25) is 4.79 Å². The average Bonchev–Trinajstić information content (AvgIpc) is 2.79. The number of hydrogen-bond donors (Lipinski definition) is 2. The summed E-state index contributed by atoms with van der Waals surface area (Å²) in [7, 11) is 0. The molecule has 1 amide bonds. The number of rotatable bonds is 4. The van der Waals surface area contributed by atoms with Crippen molar-refractivity contribution in [3.63, 3.8) is 0 Å². The molecule has 0 saturated heterocycles. The lowest BCUT2D eigenvalue weighted by Gasteiger charge is -2.11. The zero-order valence-corrected chi connectivity index (χ0v) is 16.6. The molecule has 0 spiro atoms. The number of phenols is 1. The van der Waals surface area contributed by atoms with Crippen molar-refractivity contribution in [1.82, 2.24) is 15.0 Å². The highest BCUT2D eigenvalue weighted by Crippen LogP contribution is 2.30. The Balaban J connectivity index is 2.00. The lowest BCUT2D eigenvalue weighted by molar-refractivity contribution is 0.100. The Bertz CT molecular complexity index is 1290. The molecular weight excluding hydrogens is 390 g/mol. The van der Waals surface area contributed by atoms with Gasteiger partial charge in [0.2, 0.25) is 5.91 Å². The molecule has 0 fully saturated rings. The molecule has 4 aromatic rings. The van der Waals surface area contributed by atoms with Gasteiger partial charge in [0, 0.05) is 16.7 Å². The standard InChI is InChI=1S/C24H17N5O2/c1-14-6-2-3-7-18(14)23-27-22(17-11-15(13-25)10-16(12-17)21(26)31)28-24(29-23)19-8-4-5-9-20(19)30/h2-12,30H,1H3,(H2,26,31). The minimum Gasteiger partial charge on any atom is -0.507 e.